The standard InChI is InChI=1S/C8H6N2O2/c11-7-3-5-1-2-9-4-6(5)10-8(7)12/h1-2,4H,3H2,(H,10,12). The third kappa shape index (κ3) is 0.972. The zero-order valence-corrected chi connectivity index (χ0v) is 6.20. The Labute approximate surface area is 68.6 Å². The fraction of sp³-hybridized carbons (Fsp3) is 0.125. The highest BCUT2D eigenvalue weighted by Crippen LogP contribution is 2.18. The van der Waals surface area contributed by atoms with Crippen molar-refractivity contribution in [1.29, 1.82) is 0 Å². The first-order valence-electron chi connectivity index (χ1n) is 3.54. The maximum atomic E-state index is 10.9. The molecule has 4 nitrogen and oxygen atoms in total. The molecule has 0 saturated heterocycles. The lowest BCUT2D eigenvalue weighted by Crippen LogP contribution is -2.29. The summed E-state index contributed by atoms with van der Waals surface area (Å²) in [4.78, 5) is 25.6. The Hall–Kier alpha value is -1.71. The molecule has 12 heavy (non-hydrogen) atoms. The van der Waals surface area contributed by atoms with Crippen LogP contribution in [0.5, 0.6) is 0 Å². The van der Waals surface area contributed by atoms with E-state index in [1.54, 1.807) is 18.5 Å². The monoisotopic (exact) mass is 162 g/mol. The van der Waals surface area contributed by atoms with E-state index in [4.69, 9.17) is 0 Å². The predicted octanol–water partition coefficient (Wildman–Crippen LogP) is 0.145. The van der Waals surface area contributed by atoms with Gasteiger partial charge in [0.2, 0.25) is 5.78 Å². The number of Topliss-reactive ketones (excluding diaryl/α,β-unsaturated/α-hetero) is 1. The number of carbonyl (C=O) groups excluding carboxylic acids is 2. The number of pyridine rings is 1. The number of hydrogen-bond donors (Lipinski definition) is 1. The molecule has 0 atom stereocenters. The van der Waals surface area contributed by atoms with Crippen molar-refractivity contribution < 1.29 is 9.59 Å². The Bertz CT molecular complexity index is 325. The summed E-state index contributed by atoms with van der Waals surface area (Å²) < 4.78 is 0. The van der Waals surface area contributed by atoms with Gasteiger partial charge in [0.1, 0.15) is 0 Å². The number of nitrogens with zero attached hydrogens (tertiary/aromatic N) is 1. The van der Waals surface area contributed by atoms with Crippen molar-refractivity contribution in [2.45, 2.75) is 6.42 Å². The number of amides is 1. The summed E-state index contributed by atoms with van der Waals surface area (Å²) in [5.41, 5.74) is 1.47. The van der Waals surface area contributed by atoms with Crippen LogP contribution in [-0.4, -0.2) is 16.7 Å². The predicted molar refractivity (Wildman–Crippen MR) is 41.6 cm³/mol. The molecule has 60 valence electrons. The van der Waals surface area contributed by atoms with Crippen LogP contribution in [0.15, 0.2) is 18.5 Å². The zero-order valence-electron chi connectivity index (χ0n) is 6.20. The van der Waals surface area contributed by atoms with Crippen LogP contribution < -0.4 is 5.32 Å². The van der Waals surface area contributed by atoms with Crippen molar-refractivity contribution >= 4 is 17.4 Å². The smallest absolute Gasteiger partial charge is 0.292 e. The average molecular weight is 162 g/mol. The number of fused-ring (bicyclic) bond motifs is 1. The van der Waals surface area contributed by atoms with E-state index < -0.39 is 11.7 Å². The van der Waals surface area contributed by atoms with Crippen LogP contribution in [0.4, 0.5) is 5.69 Å². The van der Waals surface area contributed by atoms with Gasteiger partial charge in [-0.3, -0.25) is 14.6 Å². The van der Waals surface area contributed by atoms with Crippen LogP contribution >= 0.6 is 0 Å². The molecule has 0 bridgehead atoms. The zero-order chi connectivity index (χ0) is 8.55. The summed E-state index contributed by atoms with van der Waals surface area (Å²) in [6.07, 6.45) is 3.33. The molecule has 0 fully saturated rings. The van der Waals surface area contributed by atoms with Crippen LogP contribution in [0.1, 0.15) is 5.56 Å². The van der Waals surface area contributed by atoms with Crippen molar-refractivity contribution in [1.82, 2.24) is 4.98 Å². The largest absolute Gasteiger partial charge is 0.318 e. The summed E-state index contributed by atoms with van der Waals surface area (Å²) in [6.45, 7) is 0. The lowest BCUT2D eigenvalue weighted by Gasteiger charge is -2.13. The second kappa shape index (κ2) is 2.41. The van der Waals surface area contributed by atoms with Gasteiger partial charge in [-0.2, -0.15) is 0 Å². The third-order valence-electron chi connectivity index (χ3n) is 1.76. The van der Waals surface area contributed by atoms with Gasteiger partial charge < -0.3 is 5.32 Å². The first kappa shape index (κ1) is 6.97. The topological polar surface area (TPSA) is 59.1 Å². The van der Waals surface area contributed by atoms with Crippen LogP contribution in [0.2, 0.25) is 0 Å². The van der Waals surface area contributed by atoms with Gasteiger partial charge in [-0.25, -0.2) is 0 Å². The minimum absolute atomic E-state index is 0.184. The highest BCUT2D eigenvalue weighted by atomic mass is 16.2. The van der Waals surface area contributed by atoms with Gasteiger partial charge in [-0.1, -0.05) is 0 Å². The second-order valence-corrected chi connectivity index (χ2v) is 2.59. The molecule has 2 heterocycles. The van der Waals surface area contributed by atoms with Crippen molar-refractivity contribution in [3.05, 3.63) is 24.0 Å². The third-order valence-corrected chi connectivity index (χ3v) is 1.76. The first-order chi connectivity index (χ1) is 5.77. The molecular weight excluding hydrogens is 156 g/mol. The molecule has 0 aromatic carbocycles. The van der Waals surface area contributed by atoms with Crippen LogP contribution in [0.25, 0.3) is 0 Å². The van der Waals surface area contributed by atoms with E-state index in [0.717, 1.165) is 5.56 Å². The van der Waals surface area contributed by atoms with E-state index >= 15 is 0 Å². The second-order valence-electron chi connectivity index (χ2n) is 2.59. The van der Waals surface area contributed by atoms with Gasteiger partial charge in [0, 0.05) is 12.6 Å². The van der Waals surface area contributed by atoms with Crippen molar-refractivity contribution in [2.75, 3.05) is 5.32 Å². The molecule has 1 aromatic heterocycles. The molecule has 0 radical (unpaired) electrons. The number of ketones is 1. The van der Waals surface area contributed by atoms with Crippen molar-refractivity contribution in [2.24, 2.45) is 0 Å². The molecule has 4 heteroatoms. The summed E-state index contributed by atoms with van der Waals surface area (Å²) >= 11 is 0. The van der Waals surface area contributed by atoms with Gasteiger partial charge in [0.25, 0.3) is 5.91 Å². The number of aromatic nitrogens is 1. The van der Waals surface area contributed by atoms with Crippen LogP contribution in [0, 0.1) is 0 Å². The highest BCUT2D eigenvalue weighted by molar-refractivity contribution is 6.42. The van der Waals surface area contributed by atoms with Crippen LogP contribution in [-0.2, 0) is 16.0 Å². The molecule has 0 unspecified atom stereocenters. The van der Waals surface area contributed by atoms with E-state index in [2.05, 4.69) is 10.3 Å². The van der Waals surface area contributed by atoms with E-state index in [9.17, 15) is 9.59 Å². The lowest BCUT2D eigenvalue weighted by atomic mass is 10.0. The van der Waals surface area contributed by atoms with Gasteiger partial charge in [0.05, 0.1) is 11.9 Å². The van der Waals surface area contributed by atoms with Crippen molar-refractivity contribution in [3.63, 3.8) is 0 Å². The first-order valence-corrected chi connectivity index (χ1v) is 3.54. The van der Waals surface area contributed by atoms with E-state index in [1.165, 1.54) is 0 Å². The van der Waals surface area contributed by atoms with Gasteiger partial charge in [-0.05, 0) is 11.6 Å². The van der Waals surface area contributed by atoms with Gasteiger partial charge in [0.15, 0.2) is 0 Å². The van der Waals surface area contributed by atoms with E-state index in [0.29, 0.717) is 5.69 Å². The van der Waals surface area contributed by atoms with Gasteiger partial charge >= 0.3 is 0 Å². The number of carbonyl (C=O) groups is 2. The normalized spacial score (nSPS) is 15.3. The minimum atomic E-state index is -0.546. The molecule has 0 aliphatic carbocycles. The molecule has 0 spiro atoms. The number of rotatable bonds is 0. The molecule has 1 N–H and O–H groups in total. The molecular formula is C8H6N2O2. The quantitative estimate of drug-likeness (QED) is 0.552. The Morgan fingerprint density at radius 1 is 1.42 bits per heavy atom. The molecule has 1 aromatic rings. The minimum Gasteiger partial charge on any atom is -0.318 e. The number of nitrogens with one attached hydrogen (secondary N) is 1. The Morgan fingerprint density at radius 2 is 2.25 bits per heavy atom. The molecule has 1 amide bonds. The molecule has 1 aliphatic heterocycles. The van der Waals surface area contributed by atoms with Crippen molar-refractivity contribution in [3.8, 4) is 0 Å². The van der Waals surface area contributed by atoms with Crippen LogP contribution in [0.3, 0.4) is 0 Å². The van der Waals surface area contributed by atoms with E-state index in [1.807, 2.05) is 0 Å². The Morgan fingerprint density at radius 3 is 3.08 bits per heavy atom. The summed E-state index contributed by atoms with van der Waals surface area (Å²) in [5, 5.41) is 2.46. The number of anilines is 1. The Balaban J connectivity index is 2.47. The van der Waals surface area contributed by atoms with Gasteiger partial charge in [-0.15, -0.1) is 0 Å². The number of hydrogen-bond acceptors (Lipinski definition) is 3. The average Bonchev–Trinajstić information content (AvgIpc) is 2.07. The summed E-state index contributed by atoms with van der Waals surface area (Å²) in [7, 11) is 0. The molecule has 1 aliphatic rings. The molecule has 0 saturated carbocycles. The lowest BCUT2D eigenvalue weighted by molar-refractivity contribution is -0.134. The SMILES string of the molecule is O=C1Cc2ccncc2NC1=O. The highest BCUT2D eigenvalue weighted by Gasteiger charge is 2.22. The van der Waals surface area contributed by atoms with E-state index in [-0.39, 0.29) is 6.42 Å². The fourth-order valence-electron chi connectivity index (χ4n) is 1.14. The summed E-state index contributed by atoms with van der Waals surface area (Å²) in [6, 6.07) is 1.73. The maximum Gasteiger partial charge on any atom is 0.292 e. The Kier molecular flexibility index (Phi) is 1.40. The molecule has 2 rings (SSSR count). The summed E-state index contributed by atoms with van der Waals surface area (Å²) in [5.74, 6) is -0.941. The maximum absolute atomic E-state index is 10.9. The fourth-order valence-corrected chi connectivity index (χ4v) is 1.14.